The molecule has 0 aliphatic heterocycles. The Balaban J connectivity index is 1.93. The zero-order chi connectivity index (χ0) is 16.2. The highest BCUT2D eigenvalue weighted by molar-refractivity contribution is 6.32. The molecule has 1 heterocycles. The molecule has 22 heavy (non-hydrogen) atoms. The highest BCUT2D eigenvalue weighted by atomic mass is 35.5. The second kappa shape index (κ2) is 7.29. The number of aromatic nitrogens is 1. The van der Waals surface area contributed by atoms with E-state index in [1.165, 1.54) is 0 Å². The smallest absolute Gasteiger partial charge is 0.319 e. The van der Waals surface area contributed by atoms with Crippen molar-refractivity contribution in [3.8, 4) is 0 Å². The first-order valence-corrected chi connectivity index (χ1v) is 8.18. The van der Waals surface area contributed by atoms with Crippen molar-refractivity contribution in [3.63, 3.8) is 0 Å². The molecular formula is C16H24ClN3O2. The van der Waals surface area contributed by atoms with E-state index in [-0.39, 0.29) is 17.7 Å². The quantitative estimate of drug-likeness (QED) is 0.587. The van der Waals surface area contributed by atoms with Crippen LogP contribution in [-0.4, -0.2) is 28.3 Å². The van der Waals surface area contributed by atoms with E-state index in [1.54, 1.807) is 0 Å². The average molecular weight is 326 g/mol. The van der Waals surface area contributed by atoms with Crippen LogP contribution in [0.5, 0.6) is 0 Å². The standard InChI is InChI=1S/C16H24ClN3O2/c1-11-9-12(2)19-14(17)13(11)20-15(21)18-10-16(22)7-5-3-4-6-8-16/h9,22H,3-8,10H2,1-2H3,(H2,18,20,21). The van der Waals surface area contributed by atoms with Crippen LogP contribution in [0.2, 0.25) is 5.15 Å². The maximum atomic E-state index is 12.1. The zero-order valence-electron chi connectivity index (χ0n) is 13.2. The lowest BCUT2D eigenvalue weighted by atomic mass is 9.95. The molecule has 5 nitrogen and oxygen atoms in total. The van der Waals surface area contributed by atoms with Crippen molar-refractivity contribution in [1.29, 1.82) is 0 Å². The van der Waals surface area contributed by atoms with E-state index in [2.05, 4.69) is 15.6 Å². The van der Waals surface area contributed by atoms with Crippen molar-refractivity contribution < 1.29 is 9.90 Å². The van der Waals surface area contributed by atoms with Gasteiger partial charge in [0.25, 0.3) is 0 Å². The molecule has 1 fully saturated rings. The zero-order valence-corrected chi connectivity index (χ0v) is 14.0. The summed E-state index contributed by atoms with van der Waals surface area (Å²) in [5.41, 5.74) is 1.39. The van der Waals surface area contributed by atoms with Gasteiger partial charge in [-0.25, -0.2) is 9.78 Å². The Bertz CT molecular complexity index is 517. The lowest BCUT2D eigenvalue weighted by Gasteiger charge is -2.26. The van der Waals surface area contributed by atoms with Crippen molar-refractivity contribution in [3.05, 3.63) is 22.5 Å². The number of nitrogens with zero attached hydrogens (tertiary/aromatic N) is 1. The van der Waals surface area contributed by atoms with E-state index in [0.29, 0.717) is 5.69 Å². The molecule has 1 aromatic rings. The summed E-state index contributed by atoms with van der Waals surface area (Å²) in [5.74, 6) is 0. The predicted molar refractivity (Wildman–Crippen MR) is 88.4 cm³/mol. The molecule has 0 radical (unpaired) electrons. The van der Waals surface area contributed by atoms with Crippen LogP contribution in [0.15, 0.2) is 6.07 Å². The minimum atomic E-state index is -0.793. The molecule has 0 spiro atoms. The normalized spacial score (nSPS) is 17.6. The largest absolute Gasteiger partial charge is 0.388 e. The third-order valence-corrected chi connectivity index (χ3v) is 4.42. The van der Waals surface area contributed by atoms with Crippen LogP contribution in [-0.2, 0) is 0 Å². The van der Waals surface area contributed by atoms with Gasteiger partial charge in [-0.2, -0.15) is 0 Å². The molecule has 0 aromatic carbocycles. The molecule has 0 saturated heterocycles. The second-order valence-electron chi connectivity index (χ2n) is 6.19. The summed E-state index contributed by atoms with van der Waals surface area (Å²) in [5, 5.41) is 16.3. The molecule has 2 rings (SSSR count). The topological polar surface area (TPSA) is 74.2 Å². The number of halogens is 1. The molecule has 3 N–H and O–H groups in total. The number of carbonyl (C=O) groups excluding carboxylic acids is 1. The Morgan fingerprint density at radius 3 is 2.55 bits per heavy atom. The van der Waals surface area contributed by atoms with Crippen molar-refractivity contribution in [1.82, 2.24) is 10.3 Å². The van der Waals surface area contributed by atoms with Gasteiger partial charge in [-0.15, -0.1) is 0 Å². The van der Waals surface area contributed by atoms with Gasteiger partial charge in [0.2, 0.25) is 0 Å². The minimum Gasteiger partial charge on any atom is -0.388 e. The SMILES string of the molecule is Cc1cc(C)c(NC(=O)NCC2(O)CCCCCC2)c(Cl)n1. The highest BCUT2D eigenvalue weighted by Crippen LogP contribution is 2.27. The highest BCUT2D eigenvalue weighted by Gasteiger charge is 2.28. The molecule has 1 aliphatic carbocycles. The number of rotatable bonds is 3. The van der Waals surface area contributed by atoms with E-state index in [4.69, 9.17) is 11.6 Å². The number of amides is 2. The molecule has 122 valence electrons. The van der Waals surface area contributed by atoms with Gasteiger partial charge < -0.3 is 15.7 Å². The molecule has 1 aliphatic rings. The van der Waals surface area contributed by atoms with Crippen LogP contribution in [0.3, 0.4) is 0 Å². The molecule has 1 aromatic heterocycles. The first kappa shape index (κ1) is 17.0. The Labute approximate surface area is 136 Å². The van der Waals surface area contributed by atoms with Crippen LogP contribution in [0, 0.1) is 13.8 Å². The molecule has 1 saturated carbocycles. The van der Waals surface area contributed by atoms with Gasteiger partial charge in [-0.3, -0.25) is 0 Å². The van der Waals surface area contributed by atoms with E-state index in [0.717, 1.165) is 49.8 Å². The average Bonchev–Trinajstić information content (AvgIpc) is 2.66. The van der Waals surface area contributed by atoms with E-state index in [1.807, 2.05) is 19.9 Å². The number of anilines is 1. The van der Waals surface area contributed by atoms with Crippen LogP contribution >= 0.6 is 11.6 Å². The summed E-state index contributed by atoms with van der Waals surface area (Å²) in [6.07, 6.45) is 5.79. The number of aryl methyl sites for hydroxylation is 2. The van der Waals surface area contributed by atoms with E-state index in [9.17, 15) is 9.90 Å². The monoisotopic (exact) mass is 325 g/mol. The van der Waals surface area contributed by atoms with Crippen molar-refractivity contribution >= 4 is 23.3 Å². The van der Waals surface area contributed by atoms with Crippen LogP contribution in [0.4, 0.5) is 10.5 Å². The number of nitrogens with one attached hydrogen (secondary N) is 2. The molecule has 0 bridgehead atoms. The molecule has 2 amide bonds. The first-order valence-electron chi connectivity index (χ1n) is 7.81. The van der Waals surface area contributed by atoms with Crippen LogP contribution in [0.1, 0.15) is 49.8 Å². The summed E-state index contributed by atoms with van der Waals surface area (Å²) in [7, 11) is 0. The van der Waals surface area contributed by atoms with Crippen LogP contribution < -0.4 is 10.6 Å². The van der Waals surface area contributed by atoms with E-state index < -0.39 is 5.60 Å². The van der Waals surface area contributed by atoms with E-state index >= 15 is 0 Å². The predicted octanol–water partition coefficient (Wildman–Crippen LogP) is 3.56. The van der Waals surface area contributed by atoms with Gasteiger partial charge in [0, 0.05) is 12.2 Å². The van der Waals surface area contributed by atoms with Gasteiger partial charge in [0.15, 0.2) is 5.15 Å². The summed E-state index contributed by atoms with van der Waals surface area (Å²) >= 11 is 6.07. The summed E-state index contributed by atoms with van der Waals surface area (Å²) in [6.45, 7) is 3.98. The Morgan fingerprint density at radius 1 is 1.32 bits per heavy atom. The number of carbonyl (C=O) groups is 1. The fourth-order valence-corrected chi connectivity index (χ4v) is 3.24. The summed E-state index contributed by atoms with van der Waals surface area (Å²) < 4.78 is 0. The molecule has 0 unspecified atom stereocenters. The Morgan fingerprint density at radius 2 is 1.95 bits per heavy atom. The first-order chi connectivity index (χ1) is 10.4. The van der Waals surface area contributed by atoms with Gasteiger partial charge >= 0.3 is 6.03 Å². The number of pyridine rings is 1. The third kappa shape index (κ3) is 4.58. The number of hydrogen-bond donors (Lipinski definition) is 3. The maximum absolute atomic E-state index is 12.1. The Hall–Kier alpha value is -1.33. The van der Waals surface area contributed by atoms with Gasteiger partial charge in [-0.1, -0.05) is 37.3 Å². The lowest BCUT2D eigenvalue weighted by molar-refractivity contribution is 0.0281. The number of aliphatic hydroxyl groups is 1. The fourth-order valence-electron chi connectivity index (χ4n) is 2.91. The lowest BCUT2D eigenvalue weighted by Crippen LogP contribution is -2.44. The number of hydrogen-bond acceptors (Lipinski definition) is 3. The van der Waals surface area contributed by atoms with Gasteiger partial charge in [0.1, 0.15) is 0 Å². The minimum absolute atomic E-state index is 0.259. The summed E-state index contributed by atoms with van der Waals surface area (Å²) in [4.78, 5) is 16.2. The van der Waals surface area contributed by atoms with Gasteiger partial charge in [-0.05, 0) is 38.3 Å². The molecule has 6 heteroatoms. The van der Waals surface area contributed by atoms with Crippen molar-refractivity contribution in [2.45, 2.75) is 58.0 Å². The van der Waals surface area contributed by atoms with Crippen molar-refractivity contribution in [2.24, 2.45) is 0 Å². The molecular weight excluding hydrogens is 302 g/mol. The van der Waals surface area contributed by atoms with Crippen LogP contribution in [0.25, 0.3) is 0 Å². The fraction of sp³-hybridized carbons (Fsp3) is 0.625. The molecule has 0 atom stereocenters. The summed E-state index contributed by atoms with van der Waals surface area (Å²) in [6, 6.07) is 1.49. The van der Waals surface area contributed by atoms with Crippen molar-refractivity contribution in [2.75, 3.05) is 11.9 Å². The maximum Gasteiger partial charge on any atom is 0.319 e. The second-order valence-corrected chi connectivity index (χ2v) is 6.55. The Kier molecular flexibility index (Phi) is 5.64. The third-order valence-electron chi connectivity index (χ3n) is 4.15. The van der Waals surface area contributed by atoms with Gasteiger partial charge in [0.05, 0.1) is 11.3 Å². The number of urea groups is 1.